The SMILES string of the molecule is CC(C)(C)c1cc(Cl)ccc1OCC1CCN(C(=O)C(=O)O)C1. The summed E-state index contributed by atoms with van der Waals surface area (Å²) in [6.45, 7) is 7.61. The number of carbonyl (C=O) groups is 2. The largest absolute Gasteiger partial charge is 0.493 e. The number of amides is 1. The number of carboxylic acid groups (broad SMARTS) is 1. The van der Waals surface area contributed by atoms with E-state index in [0.717, 1.165) is 17.7 Å². The molecule has 1 saturated heterocycles. The highest BCUT2D eigenvalue weighted by Gasteiger charge is 2.30. The number of carboxylic acids is 1. The lowest BCUT2D eigenvalue weighted by atomic mass is 9.86. The zero-order valence-electron chi connectivity index (χ0n) is 13.6. The van der Waals surface area contributed by atoms with Gasteiger partial charge in [0.05, 0.1) is 6.61 Å². The molecule has 1 N–H and O–H groups in total. The van der Waals surface area contributed by atoms with Crippen LogP contribution in [0.25, 0.3) is 0 Å². The fourth-order valence-corrected chi connectivity index (χ4v) is 2.88. The van der Waals surface area contributed by atoms with E-state index in [2.05, 4.69) is 20.8 Å². The van der Waals surface area contributed by atoms with E-state index < -0.39 is 11.9 Å². The molecule has 1 aliphatic rings. The minimum atomic E-state index is -1.40. The van der Waals surface area contributed by atoms with Gasteiger partial charge in [-0.1, -0.05) is 32.4 Å². The second kappa shape index (κ2) is 6.79. The molecule has 126 valence electrons. The first-order chi connectivity index (χ1) is 10.7. The summed E-state index contributed by atoms with van der Waals surface area (Å²) in [4.78, 5) is 23.5. The third-order valence-corrected chi connectivity index (χ3v) is 4.22. The predicted octanol–water partition coefficient (Wildman–Crippen LogP) is 2.95. The smallest absolute Gasteiger partial charge is 0.394 e. The van der Waals surface area contributed by atoms with Gasteiger partial charge in [0.2, 0.25) is 0 Å². The second-order valence-electron chi connectivity index (χ2n) is 6.91. The molecule has 1 aliphatic heterocycles. The highest BCUT2D eigenvalue weighted by Crippen LogP contribution is 2.34. The van der Waals surface area contributed by atoms with E-state index >= 15 is 0 Å². The number of ether oxygens (including phenoxy) is 1. The van der Waals surface area contributed by atoms with Crippen LogP contribution in [-0.2, 0) is 15.0 Å². The number of hydrogen-bond donors (Lipinski definition) is 1. The molecule has 1 fully saturated rings. The molecular formula is C17H22ClNO4. The summed E-state index contributed by atoms with van der Waals surface area (Å²) in [5.74, 6) is -1.32. The number of aliphatic carboxylic acids is 1. The molecule has 1 amide bonds. The van der Waals surface area contributed by atoms with Crippen molar-refractivity contribution in [2.45, 2.75) is 32.6 Å². The summed E-state index contributed by atoms with van der Waals surface area (Å²) in [6.07, 6.45) is 0.747. The van der Waals surface area contributed by atoms with Crippen LogP contribution in [0.1, 0.15) is 32.8 Å². The van der Waals surface area contributed by atoms with Crippen molar-refractivity contribution in [1.82, 2.24) is 4.90 Å². The number of rotatable bonds is 3. The number of nitrogens with zero attached hydrogens (tertiary/aromatic N) is 1. The van der Waals surface area contributed by atoms with Gasteiger partial charge in [-0.25, -0.2) is 4.79 Å². The summed E-state index contributed by atoms with van der Waals surface area (Å²) < 4.78 is 5.95. The summed E-state index contributed by atoms with van der Waals surface area (Å²) in [7, 11) is 0. The maximum absolute atomic E-state index is 11.5. The highest BCUT2D eigenvalue weighted by atomic mass is 35.5. The standard InChI is InChI=1S/C17H22ClNO4/c1-17(2,3)13-8-12(18)4-5-14(13)23-10-11-6-7-19(9-11)15(20)16(21)22/h4-5,8,11H,6-7,9-10H2,1-3H3,(H,21,22). The van der Waals surface area contributed by atoms with Gasteiger partial charge >= 0.3 is 11.9 Å². The van der Waals surface area contributed by atoms with Gasteiger partial charge in [-0.2, -0.15) is 0 Å². The normalized spacial score (nSPS) is 18.1. The predicted molar refractivity (Wildman–Crippen MR) is 88.0 cm³/mol. The van der Waals surface area contributed by atoms with Crippen LogP contribution in [0.2, 0.25) is 5.02 Å². The molecule has 0 saturated carbocycles. The van der Waals surface area contributed by atoms with Gasteiger partial charge in [0.15, 0.2) is 0 Å². The molecule has 0 aromatic heterocycles. The van der Waals surface area contributed by atoms with Crippen molar-refractivity contribution in [2.75, 3.05) is 19.7 Å². The average molecular weight is 340 g/mol. The fourth-order valence-electron chi connectivity index (χ4n) is 2.71. The average Bonchev–Trinajstić information content (AvgIpc) is 2.92. The summed E-state index contributed by atoms with van der Waals surface area (Å²) in [5, 5.41) is 9.42. The lowest BCUT2D eigenvalue weighted by molar-refractivity contribution is -0.155. The Balaban J connectivity index is 2.00. The summed E-state index contributed by atoms with van der Waals surface area (Å²) >= 11 is 6.08. The van der Waals surface area contributed by atoms with Crippen molar-refractivity contribution < 1.29 is 19.4 Å². The Kier molecular flexibility index (Phi) is 5.19. The lowest BCUT2D eigenvalue weighted by Crippen LogP contribution is -2.35. The molecule has 1 aromatic rings. The summed E-state index contributed by atoms with van der Waals surface area (Å²) in [6, 6.07) is 5.56. The maximum atomic E-state index is 11.5. The number of halogens is 1. The Morgan fingerprint density at radius 1 is 1.39 bits per heavy atom. The van der Waals surface area contributed by atoms with Crippen molar-refractivity contribution in [3.63, 3.8) is 0 Å². The number of likely N-dealkylation sites (tertiary alicyclic amines) is 1. The van der Waals surface area contributed by atoms with Gasteiger partial charge in [0.1, 0.15) is 5.75 Å². The van der Waals surface area contributed by atoms with Gasteiger partial charge in [-0.15, -0.1) is 0 Å². The lowest BCUT2D eigenvalue weighted by Gasteiger charge is -2.24. The molecule has 0 aliphatic carbocycles. The first-order valence-corrected chi connectivity index (χ1v) is 8.01. The van der Waals surface area contributed by atoms with Crippen LogP contribution < -0.4 is 4.74 Å². The van der Waals surface area contributed by atoms with Crippen molar-refractivity contribution in [2.24, 2.45) is 5.92 Å². The third kappa shape index (κ3) is 4.38. The Labute approximate surface area is 141 Å². The molecule has 1 heterocycles. The second-order valence-corrected chi connectivity index (χ2v) is 7.35. The first kappa shape index (κ1) is 17.6. The molecule has 5 nitrogen and oxygen atoms in total. The van der Waals surface area contributed by atoms with Gasteiger partial charge in [-0.05, 0) is 30.0 Å². The van der Waals surface area contributed by atoms with Gasteiger partial charge in [-0.3, -0.25) is 4.79 Å². The van der Waals surface area contributed by atoms with E-state index in [0.29, 0.717) is 24.7 Å². The Morgan fingerprint density at radius 2 is 2.09 bits per heavy atom. The quantitative estimate of drug-likeness (QED) is 0.860. The maximum Gasteiger partial charge on any atom is 0.394 e. The van der Waals surface area contributed by atoms with Crippen LogP contribution in [0, 0.1) is 5.92 Å². The number of carbonyl (C=O) groups excluding carboxylic acids is 1. The van der Waals surface area contributed by atoms with E-state index in [1.807, 2.05) is 12.1 Å². The van der Waals surface area contributed by atoms with E-state index in [-0.39, 0.29) is 11.3 Å². The van der Waals surface area contributed by atoms with Crippen LogP contribution in [0.5, 0.6) is 5.75 Å². The highest BCUT2D eigenvalue weighted by molar-refractivity contribution is 6.31. The Bertz CT molecular complexity index is 609. The molecule has 0 radical (unpaired) electrons. The third-order valence-electron chi connectivity index (χ3n) is 3.98. The van der Waals surface area contributed by atoms with Crippen LogP contribution in [-0.4, -0.2) is 41.6 Å². The summed E-state index contributed by atoms with van der Waals surface area (Å²) in [5.41, 5.74) is 0.933. The van der Waals surface area contributed by atoms with E-state index in [4.69, 9.17) is 21.4 Å². The molecule has 0 bridgehead atoms. The van der Waals surface area contributed by atoms with Gasteiger partial charge < -0.3 is 14.7 Å². The molecular weight excluding hydrogens is 318 g/mol. The van der Waals surface area contributed by atoms with Crippen LogP contribution in [0.15, 0.2) is 18.2 Å². The van der Waals surface area contributed by atoms with Gasteiger partial charge in [0, 0.05) is 29.6 Å². The van der Waals surface area contributed by atoms with Crippen LogP contribution >= 0.6 is 11.6 Å². The minimum absolute atomic E-state index is 0.0960. The molecule has 1 aromatic carbocycles. The van der Waals surface area contributed by atoms with Crippen LogP contribution in [0.3, 0.4) is 0 Å². The fraction of sp³-hybridized carbons (Fsp3) is 0.529. The molecule has 1 atom stereocenters. The minimum Gasteiger partial charge on any atom is -0.493 e. The van der Waals surface area contributed by atoms with E-state index in [9.17, 15) is 9.59 Å². The van der Waals surface area contributed by atoms with E-state index in [1.165, 1.54) is 4.90 Å². The Hall–Kier alpha value is -1.75. The zero-order valence-corrected chi connectivity index (χ0v) is 14.4. The van der Waals surface area contributed by atoms with Crippen molar-refractivity contribution >= 4 is 23.5 Å². The molecule has 6 heteroatoms. The Morgan fingerprint density at radius 3 is 2.70 bits per heavy atom. The molecule has 0 spiro atoms. The molecule has 1 unspecified atom stereocenters. The molecule has 23 heavy (non-hydrogen) atoms. The number of benzene rings is 1. The first-order valence-electron chi connectivity index (χ1n) is 7.63. The topological polar surface area (TPSA) is 66.8 Å². The van der Waals surface area contributed by atoms with Crippen molar-refractivity contribution in [1.29, 1.82) is 0 Å². The van der Waals surface area contributed by atoms with Crippen molar-refractivity contribution in [3.8, 4) is 5.75 Å². The van der Waals surface area contributed by atoms with Gasteiger partial charge in [0.25, 0.3) is 0 Å². The number of hydrogen-bond acceptors (Lipinski definition) is 3. The monoisotopic (exact) mass is 339 g/mol. The van der Waals surface area contributed by atoms with Crippen LogP contribution in [0.4, 0.5) is 0 Å². The zero-order chi connectivity index (χ0) is 17.2. The van der Waals surface area contributed by atoms with E-state index in [1.54, 1.807) is 6.07 Å². The van der Waals surface area contributed by atoms with Crippen molar-refractivity contribution in [3.05, 3.63) is 28.8 Å². The molecule has 2 rings (SSSR count).